The summed E-state index contributed by atoms with van der Waals surface area (Å²) in [6.45, 7) is 0.215. The molecule has 0 aromatic carbocycles. The van der Waals surface area contributed by atoms with Gasteiger partial charge in [0.25, 0.3) is 0 Å². The fourth-order valence-corrected chi connectivity index (χ4v) is 1.44. The molecule has 0 saturated carbocycles. The zero-order chi connectivity index (χ0) is 19.0. The number of carboxylic acid groups (broad SMARTS) is 1. The maximum atomic E-state index is 11.2. The third-order valence-corrected chi connectivity index (χ3v) is 2.45. The number of ether oxygens (including phenoxy) is 2. The summed E-state index contributed by atoms with van der Waals surface area (Å²) >= 11 is 0. The molecule has 0 bridgehead atoms. The summed E-state index contributed by atoms with van der Waals surface area (Å²) in [5.41, 5.74) is 0. The van der Waals surface area contributed by atoms with Gasteiger partial charge in [-0.3, -0.25) is 19.2 Å². The number of aliphatic hydroxyl groups is 3. The van der Waals surface area contributed by atoms with E-state index in [1.165, 1.54) is 0 Å². The Morgan fingerprint density at radius 3 is 2.38 bits per heavy atom. The molecule has 1 aliphatic rings. The molecule has 1 fully saturated rings. The number of aliphatic hydroxyl groups excluding tert-OH is 3. The molecule has 0 amide bonds. The maximum absolute atomic E-state index is 11.2. The molecular formula is C13H23NO10. The van der Waals surface area contributed by atoms with Crippen molar-refractivity contribution in [2.75, 3.05) is 26.9 Å². The molecule has 1 aliphatic heterocycles. The molecule has 11 heteroatoms. The van der Waals surface area contributed by atoms with Gasteiger partial charge in [0.2, 0.25) is 0 Å². The number of carbonyl (C=O) groups excluding carboxylic acids is 3. The first-order valence-corrected chi connectivity index (χ1v) is 6.89. The van der Waals surface area contributed by atoms with Gasteiger partial charge in [-0.2, -0.15) is 0 Å². The number of carboxylic acids is 1. The van der Waals surface area contributed by atoms with Gasteiger partial charge < -0.3 is 35.2 Å². The largest absolute Gasteiger partial charge is 0.481 e. The van der Waals surface area contributed by atoms with E-state index in [9.17, 15) is 19.2 Å². The van der Waals surface area contributed by atoms with Crippen LogP contribution in [0.2, 0.25) is 0 Å². The number of hydrogen-bond donors (Lipinski definition) is 5. The van der Waals surface area contributed by atoms with Gasteiger partial charge in [-0.05, 0) is 19.4 Å². The molecule has 24 heavy (non-hydrogen) atoms. The van der Waals surface area contributed by atoms with E-state index in [1.807, 2.05) is 0 Å². The molecule has 11 nitrogen and oxygen atoms in total. The first-order chi connectivity index (χ1) is 11.4. The van der Waals surface area contributed by atoms with Crippen LogP contribution in [0.25, 0.3) is 0 Å². The minimum absolute atomic E-state index is 0.106. The third-order valence-electron chi connectivity index (χ3n) is 2.45. The van der Waals surface area contributed by atoms with E-state index in [0.29, 0.717) is 0 Å². The van der Waals surface area contributed by atoms with Crippen molar-refractivity contribution in [2.45, 2.75) is 31.4 Å². The van der Waals surface area contributed by atoms with E-state index in [2.05, 4.69) is 10.1 Å². The molecule has 0 aromatic rings. The number of carbonyl (C=O) groups is 4. The van der Waals surface area contributed by atoms with Gasteiger partial charge >= 0.3 is 24.4 Å². The molecule has 1 heterocycles. The van der Waals surface area contributed by atoms with Crippen molar-refractivity contribution in [1.29, 1.82) is 0 Å². The number of rotatable bonds is 7. The minimum Gasteiger partial charge on any atom is -0.481 e. The summed E-state index contributed by atoms with van der Waals surface area (Å²) in [4.78, 5) is 40.2. The second kappa shape index (κ2) is 15.8. The average Bonchev–Trinajstić information content (AvgIpc) is 3.09. The Kier molecular flexibility index (Phi) is 15.9. The van der Waals surface area contributed by atoms with Crippen molar-refractivity contribution in [3.8, 4) is 0 Å². The van der Waals surface area contributed by atoms with E-state index >= 15 is 0 Å². The van der Waals surface area contributed by atoms with Crippen molar-refractivity contribution < 1.29 is 49.1 Å². The summed E-state index contributed by atoms with van der Waals surface area (Å²) in [5.74, 6) is -2.72. The molecule has 1 saturated heterocycles. The highest BCUT2D eigenvalue weighted by molar-refractivity contribution is 5.92. The molecule has 2 atom stereocenters. The van der Waals surface area contributed by atoms with Crippen LogP contribution >= 0.6 is 0 Å². The monoisotopic (exact) mass is 353 g/mol. The van der Waals surface area contributed by atoms with Crippen LogP contribution in [0.1, 0.15) is 19.3 Å². The SMILES string of the molecule is CO.O=C(OCC(O)CO)[C@@H]1CCCN1.O=COC(=O)CC(=O)O. The fraction of sp³-hybridized carbons (Fsp3) is 0.692. The summed E-state index contributed by atoms with van der Waals surface area (Å²) in [7, 11) is 1.00. The van der Waals surface area contributed by atoms with Crippen LogP contribution in [-0.2, 0) is 28.7 Å². The Bertz CT molecular complexity index is 381. The molecule has 0 radical (unpaired) electrons. The van der Waals surface area contributed by atoms with E-state index in [-0.39, 0.29) is 31.7 Å². The van der Waals surface area contributed by atoms with E-state index in [1.54, 1.807) is 0 Å². The smallest absolute Gasteiger partial charge is 0.324 e. The predicted molar refractivity (Wildman–Crippen MR) is 77.6 cm³/mol. The van der Waals surface area contributed by atoms with E-state index in [4.69, 9.17) is 25.2 Å². The van der Waals surface area contributed by atoms with E-state index in [0.717, 1.165) is 26.5 Å². The number of esters is 2. The lowest BCUT2D eigenvalue weighted by Crippen LogP contribution is -2.34. The van der Waals surface area contributed by atoms with Gasteiger partial charge in [0, 0.05) is 7.11 Å². The topological polar surface area (TPSA) is 180 Å². The number of nitrogens with one attached hydrogen (secondary N) is 1. The van der Waals surface area contributed by atoms with Gasteiger partial charge in [-0.25, -0.2) is 0 Å². The van der Waals surface area contributed by atoms with Crippen LogP contribution in [0, 0.1) is 0 Å². The van der Waals surface area contributed by atoms with Crippen LogP contribution in [-0.4, -0.2) is 83.8 Å². The van der Waals surface area contributed by atoms with Crippen molar-refractivity contribution >= 4 is 24.4 Å². The lowest BCUT2D eigenvalue weighted by molar-refractivity contribution is -0.155. The van der Waals surface area contributed by atoms with Gasteiger partial charge in [0.15, 0.2) is 0 Å². The lowest BCUT2D eigenvalue weighted by Gasteiger charge is -2.12. The van der Waals surface area contributed by atoms with Crippen molar-refractivity contribution in [2.24, 2.45) is 0 Å². The van der Waals surface area contributed by atoms with Gasteiger partial charge in [-0.1, -0.05) is 0 Å². The summed E-state index contributed by atoms with van der Waals surface area (Å²) < 4.78 is 8.42. The second-order valence-corrected chi connectivity index (χ2v) is 4.27. The number of aliphatic carboxylic acids is 1. The van der Waals surface area contributed by atoms with Crippen LogP contribution in [0.15, 0.2) is 0 Å². The van der Waals surface area contributed by atoms with Crippen molar-refractivity contribution in [3.05, 3.63) is 0 Å². The van der Waals surface area contributed by atoms with Crippen molar-refractivity contribution in [1.82, 2.24) is 5.32 Å². The second-order valence-electron chi connectivity index (χ2n) is 4.27. The molecule has 140 valence electrons. The summed E-state index contributed by atoms with van der Waals surface area (Å²) in [6, 6.07) is -0.231. The Balaban J connectivity index is 0. The third kappa shape index (κ3) is 13.6. The molecule has 0 aromatic heterocycles. The van der Waals surface area contributed by atoms with E-state index < -0.39 is 24.5 Å². The van der Waals surface area contributed by atoms with Gasteiger partial charge in [0.05, 0.1) is 6.61 Å². The minimum atomic E-state index is -1.32. The van der Waals surface area contributed by atoms with Crippen LogP contribution < -0.4 is 5.32 Å². The molecular weight excluding hydrogens is 330 g/mol. The molecule has 5 N–H and O–H groups in total. The predicted octanol–water partition coefficient (Wildman–Crippen LogP) is -2.60. The Morgan fingerprint density at radius 2 is 1.96 bits per heavy atom. The fourth-order valence-electron chi connectivity index (χ4n) is 1.44. The van der Waals surface area contributed by atoms with Gasteiger partial charge in [0.1, 0.15) is 25.2 Å². The molecule has 0 spiro atoms. The quantitative estimate of drug-likeness (QED) is 0.184. The highest BCUT2D eigenvalue weighted by Crippen LogP contribution is 2.06. The normalized spacial score (nSPS) is 16.4. The Hall–Kier alpha value is -2.08. The summed E-state index contributed by atoms with van der Waals surface area (Å²) in [5, 5.41) is 35.2. The highest BCUT2D eigenvalue weighted by atomic mass is 16.6. The maximum Gasteiger partial charge on any atom is 0.324 e. The highest BCUT2D eigenvalue weighted by Gasteiger charge is 2.23. The molecule has 0 aliphatic carbocycles. The van der Waals surface area contributed by atoms with Gasteiger partial charge in [-0.15, -0.1) is 0 Å². The first kappa shape index (κ1) is 24.2. The first-order valence-electron chi connectivity index (χ1n) is 6.89. The molecule has 1 unspecified atom stereocenters. The van der Waals surface area contributed by atoms with Crippen LogP contribution in [0.4, 0.5) is 0 Å². The van der Waals surface area contributed by atoms with Crippen LogP contribution in [0.3, 0.4) is 0 Å². The standard InChI is InChI=1S/C8H15NO4.C4H4O5.CH4O/c10-4-6(11)5-13-8(12)7-2-1-3-9-7;5-2-9-4(8)1-3(6)7;1-2/h6-7,9-11H,1-5H2;2H,1H2,(H,6,7);2H,1H3/t6?,7-;;/m0../s1. The average molecular weight is 353 g/mol. The zero-order valence-electron chi connectivity index (χ0n) is 13.2. The van der Waals surface area contributed by atoms with Crippen molar-refractivity contribution in [3.63, 3.8) is 0 Å². The van der Waals surface area contributed by atoms with Crippen LogP contribution in [0.5, 0.6) is 0 Å². The Morgan fingerprint density at radius 1 is 1.33 bits per heavy atom. The number of hydrogen-bond acceptors (Lipinski definition) is 10. The lowest BCUT2D eigenvalue weighted by atomic mass is 10.2. The summed E-state index contributed by atoms with van der Waals surface area (Å²) in [6.07, 6.45) is 0.0140. The molecule has 1 rings (SSSR count). The zero-order valence-corrected chi connectivity index (χ0v) is 13.2. The Labute approximate surface area is 138 Å².